The van der Waals surface area contributed by atoms with E-state index in [1.54, 1.807) is 12.1 Å². The molecule has 2 heterocycles. The maximum atomic E-state index is 10.3. The highest BCUT2D eigenvalue weighted by Crippen LogP contribution is 2.20. The van der Waals surface area contributed by atoms with Gasteiger partial charge in [-0.05, 0) is 19.1 Å². The molecule has 0 saturated heterocycles. The van der Waals surface area contributed by atoms with Crippen LogP contribution in [0.4, 0.5) is 0 Å². The standard InChI is InChI=1S/C9H7NO3/c1-6-2-3-8(12-6)9-10-4-7(5-11)13-9/h2-5H,1H3. The maximum absolute atomic E-state index is 10.3. The third-order valence-electron chi connectivity index (χ3n) is 1.59. The minimum atomic E-state index is 0.198. The second-order valence-corrected chi connectivity index (χ2v) is 2.60. The van der Waals surface area contributed by atoms with Crippen molar-refractivity contribution in [3.05, 3.63) is 29.9 Å². The molecule has 0 aliphatic heterocycles. The third-order valence-corrected chi connectivity index (χ3v) is 1.59. The Balaban J connectivity index is 2.40. The van der Waals surface area contributed by atoms with Crippen LogP contribution < -0.4 is 0 Å². The Bertz CT molecular complexity index is 428. The number of aldehydes is 1. The molecule has 0 aliphatic rings. The molecule has 0 N–H and O–H groups in total. The van der Waals surface area contributed by atoms with Crippen molar-refractivity contribution in [2.24, 2.45) is 0 Å². The number of hydrogen-bond acceptors (Lipinski definition) is 4. The number of furan rings is 1. The smallest absolute Gasteiger partial charge is 0.263 e. The first-order chi connectivity index (χ1) is 6.29. The van der Waals surface area contributed by atoms with Crippen LogP contribution in [0.2, 0.25) is 0 Å². The van der Waals surface area contributed by atoms with Crippen molar-refractivity contribution in [1.82, 2.24) is 4.98 Å². The van der Waals surface area contributed by atoms with Crippen molar-refractivity contribution in [3.8, 4) is 11.7 Å². The fourth-order valence-electron chi connectivity index (χ4n) is 1.00. The lowest BCUT2D eigenvalue weighted by Crippen LogP contribution is -1.70. The Morgan fingerprint density at radius 1 is 1.38 bits per heavy atom. The molecule has 0 spiro atoms. The van der Waals surface area contributed by atoms with Crippen LogP contribution in [0, 0.1) is 6.92 Å². The van der Waals surface area contributed by atoms with E-state index >= 15 is 0 Å². The molecular formula is C9H7NO3. The van der Waals surface area contributed by atoms with Crippen molar-refractivity contribution in [1.29, 1.82) is 0 Å². The van der Waals surface area contributed by atoms with E-state index in [-0.39, 0.29) is 5.76 Å². The molecule has 0 saturated carbocycles. The molecule has 0 radical (unpaired) electrons. The minimum Gasteiger partial charge on any atom is -0.456 e. The average molecular weight is 177 g/mol. The van der Waals surface area contributed by atoms with Gasteiger partial charge in [-0.15, -0.1) is 0 Å². The fraction of sp³-hybridized carbons (Fsp3) is 0.111. The van der Waals surface area contributed by atoms with Gasteiger partial charge in [0, 0.05) is 0 Å². The highest BCUT2D eigenvalue weighted by molar-refractivity contribution is 5.70. The number of aryl methyl sites for hydroxylation is 1. The molecule has 0 unspecified atom stereocenters. The van der Waals surface area contributed by atoms with Gasteiger partial charge in [0.2, 0.25) is 0 Å². The van der Waals surface area contributed by atoms with Crippen molar-refractivity contribution in [2.45, 2.75) is 6.92 Å². The molecule has 4 heteroatoms. The summed E-state index contributed by atoms with van der Waals surface area (Å²) in [6.07, 6.45) is 1.96. The van der Waals surface area contributed by atoms with E-state index in [1.807, 2.05) is 6.92 Å². The molecule has 2 rings (SSSR count). The van der Waals surface area contributed by atoms with Crippen molar-refractivity contribution in [2.75, 3.05) is 0 Å². The van der Waals surface area contributed by atoms with E-state index in [9.17, 15) is 4.79 Å². The summed E-state index contributed by atoms with van der Waals surface area (Å²) in [5.74, 6) is 1.84. The van der Waals surface area contributed by atoms with Gasteiger partial charge in [-0.2, -0.15) is 0 Å². The zero-order chi connectivity index (χ0) is 9.26. The van der Waals surface area contributed by atoms with Gasteiger partial charge in [0.1, 0.15) is 5.76 Å². The number of oxazole rings is 1. The molecule has 0 atom stereocenters. The van der Waals surface area contributed by atoms with Gasteiger partial charge in [-0.25, -0.2) is 4.98 Å². The Labute approximate surface area is 74.2 Å². The molecule has 0 fully saturated rings. The van der Waals surface area contributed by atoms with Crippen molar-refractivity contribution >= 4 is 6.29 Å². The first-order valence-electron chi connectivity index (χ1n) is 3.77. The molecule has 0 aliphatic carbocycles. The number of carbonyl (C=O) groups excluding carboxylic acids is 1. The topological polar surface area (TPSA) is 56.2 Å². The second-order valence-electron chi connectivity index (χ2n) is 2.60. The van der Waals surface area contributed by atoms with E-state index in [2.05, 4.69) is 4.98 Å². The Morgan fingerprint density at radius 3 is 2.77 bits per heavy atom. The number of carbonyl (C=O) groups is 1. The summed E-state index contributed by atoms with van der Waals surface area (Å²) in [7, 11) is 0. The average Bonchev–Trinajstić information content (AvgIpc) is 2.71. The Kier molecular flexibility index (Phi) is 1.73. The fourth-order valence-corrected chi connectivity index (χ4v) is 1.00. The molecule has 2 aromatic rings. The van der Waals surface area contributed by atoms with E-state index in [4.69, 9.17) is 8.83 Å². The number of nitrogens with zero attached hydrogens (tertiary/aromatic N) is 1. The summed E-state index contributed by atoms with van der Waals surface area (Å²) >= 11 is 0. The van der Waals surface area contributed by atoms with Crippen molar-refractivity contribution in [3.63, 3.8) is 0 Å². The van der Waals surface area contributed by atoms with Crippen LogP contribution in [0.1, 0.15) is 16.3 Å². The normalized spacial score (nSPS) is 10.2. The van der Waals surface area contributed by atoms with Crippen LogP contribution >= 0.6 is 0 Å². The third kappa shape index (κ3) is 1.38. The molecule has 2 aromatic heterocycles. The van der Waals surface area contributed by atoms with Crippen LogP contribution in [-0.4, -0.2) is 11.3 Å². The van der Waals surface area contributed by atoms with Gasteiger partial charge in [0.25, 0.3) is 5.89 Å². The predicted molar refractivity (Wildman–Crippen MR) is 44.3 cm³/mol. The van der Waals surface area contributed by atoms with Crippen molar-refractivity contribution < 1.29 is 13.6 Å². The lowest BCUT2D eigenvalue weighted by atomic mass is 10.4. The van der Waals surface area contributed by atoms with Crippen LogP contribution in [0.15, 0.2) is 27.2 Å². The zero-order valence-electron chi connectivity index (χ0n) is 6.98. The summed E-state index contributed by atoms with van der Waals surface area (Å²) in [5, 5.41) is 0. The first kappa shape index (κ1) is 7.79. The monoisotopic (exact) mass is 177 g/mol. The lowest BCUT2D eigenvalue weighted by molar-refractivity contribution is 0.110. The van der Waals surface area contributed by atoms with Gasteiger partial charge >= 0.3 is 0 Å². The SMILES string of the molecule is Cc1ccc(-c2ncc(C=O)o2)o1. The molecule has 0 aromatic carbocycles. The highest BCUT2D eigenvalue weighted by Gasteiger charge is 2.08. The molecule has 0 amide bonds. The molecule has 13 heavy (non-hydrogen) atoms. The van der Waals surface area contributed by atoms with E-state index in [1.165, 1.54) is 6.20 Å². The predicted octanol–water partition coefficient (Wildman–Crippen LogP) is 2.06. The lowest BCUT2D eigenvalue weighted by Gasteiger charge is -1.86. The molecule has 4 nitrogen and oxygen atoms in total. The van der Waals surface area contributed by atoms with Crippen LogP contribution in [-0.2, 0) is 0 Å². The Hall–Kier alpha value is -1.84. The van der Waals surface area contributed by atoms with Gasteiger partial charge in [-0.3, -0.25) is 4.79 Å². The molecule has 0 bridgehead atoms. The van der Waals surface area contributed by atoms with Gasteiger partial charge in [0.05, 0.1) is 6.20 Å². The van der Waals surface area contributed by atoms with E-state index in [0.29, 0.717) is 17.9 Å². The first-order valence-corrected chi connectivity index (χ1v) is 3.77. The van der Waals surface area contributed by atoms with Gasteiger partial charge < -0.3 is 8.83 Å². The summed E-state index contributed by atoms with van der Waals surface area (Å²) in [4.78, 5) is 14.2. The number of aromatic nitrogens is 1. The van der Waals surface area contributed by atoms with E-state index in [0.717, 1.165) is 5.76 Å². The summed E-state index contributed by atoms with van der Waals surface area (Å²) in [6.45, 7) is 1.83. The minimum absolute atomic E-state index is 0.198. The number of rotatable bonds is 2. The van der Waals surface area contributed by atoms with Gasteiger partial charge in [-0.1, -0.05) is 0 Å². The number of hydrogen-bond donors (Lipinski definition) is 0. The highest BCUT2D eigenvalue weighted by atomic mass is 16.4. The quantitative estimate of drug-likeness (QED) is 0.659. The maximum Gasteiger partial charge on any atom is 0.263 e. The van der Waals surface area contributed by atoms with E-state index < -0.39 is 0 Å². The summed E-state index contributed by atoms with van der Waals surface area (Å²) < 4.78 is 10.3. The summed E-state index contributed by atoms with van der Waals surface area (Å²) in [6, 6.07) is 3.55. The van der Waals surface area contributed by atoms with Crippen LogP contribution in [0.25, 0.3) is 11.7 Å². The van der Waals surface area contributed by atoms with Crippen LogP contribution in [0.5, 0.6) is 0 Å². The summed E-state index contributed by atoms with van der Waals surface area (Å²) in [5.41, 5.74) is 0. The molecular weight excluding hydrogens is 170 g/mol. The van der Waals surface area contributed by atoms with Gasteiger partial charge in [0.15, 0.2) is 17.8 Å². The Morgan fingerprint density at radius 2 is 2.23 bits per heavy atom. The largest absolute Gasteiger partial charge is 0.456 e. The van der Waals surface area contributed by atoms with Crippen LogP contribution in [0.3, 0.4) is 0 Å². The second kappa shape index (κ2) is 2.90. The molecule has 66 valence electrons. The zero-order valence-corrected chi connectivity index (χ0v) is 6.98.